The summed E-state index contributed by atoms with van der Waals surface area (Å²) in [6, 6.07) is 11.2. The van der Waals surface area contributed by atoms with Gasteiger partial charge in [0.2, 0.25) is 0 Å². The molecule has 0 atom stereocenters. The van der Waals surface area contributed by atoms with Gasteiger partial charge >= 0.3 is 5.69 Å². The Kier molecular flexibility index (Phi) is 5.35. The summed E-state index contributed by atoms with van der Waals surface area (Å²) in [6.07, 6.45) is 1.52. The van der Waals surface area contributed by atoms with Gasteiger partial charge in [0.25, 0.3) is 5.69 Å². The first-order chi connectivity index (χ1) is 13.8. The Morgan fingerprint density at radius 1 is 1.03 bits per heavy atom. The number of aryl methyl sites for hydroxylation is 2. The highest BCUT2D eigenvalue weighted by atomic mass is 16.6. The molecule has 1 heterocycles. The predicted octanol–water partition coefficient (Wildman–Crippen LogP) is 4.06. The molecule has 0 saturated carbocycles. The molecule has 0 aliphatic carbocycles. The molecule has 0 aliphatic rings. The minimum atomic E-state index is -0.698. The second-order valence-electron chi connectivity index (χ2n) is 6.42. The Morgan fingerprint density at radius 3 is 2.34 bits per heavy atom. The molecule has 10 heteroatoms. The fraction of sp³-hybridized carbons (Fsp3) is 0.158. The molecule has 3 rings (SSSR count). The largest absolute Gasteiger partial charge is 0.301 e. The molecule has 1 aromatic heterocycles. The number of hydrogen-bond acceptors (Lipinski definition) is 7. The van der Waals surface area contributed by atoms with Crippen molar-refractivity contribution in [2.45, 2.75) is 20.8 Å². The first-order valence-corrected chi connectivity index (χ1v) is 8.63. The lowest BCUT2D eigenvalue weighted by atomic mass is 10.2. The van der Waals surface area contributed by atoms with E-state index in [0.29, 0.717) is 0 Å². The first-order valence-electron chi connectivity index (χ1n) is 8.63. The number of benzene rings is 2. The molecule has 0 unspecified atom stereocenters. The summed E-state index contributed by atoms with van der Waals surface area (Å²) in [5, 5.41) is 30.6. The maximum atomic E-state index is 11.2. The van der Waals surface area contributed by atoms with Crippen LogP contribution in [-0.2, 0) is 0 Å². The second kappa shape index (κ2) is 7.89. The lowest BCUT2D eigenvalue weighted by molar-refractivity contribution is -0.393. The molecular weight excluding hydrogens is 376 g/mol. The van der Waals surface area contributed by atoms with Gasteiger partial charge in [-0.3, -0.25) is 25.7 Å². The van der Waals surface area contributed by atoms with Crippen molar-refractivity contribution >= 4 is 23.3 Å². The van der Waals surface area contributed by atoms with Gasteiger partial charge in [0.15, 0.2) is 0 Å². The van der Waals surface area contributed by atoms with Crippen LogP contribution in [-0.4, -0.2) is 25.8 Å². The Bertz CT molecular complexity index is 1120. The average molecular weight is 394 g/mol. The summed E-state index contributed by atoms with van der Waals surface area (Å²) in [4.78, 5) is 20.6. The summed E-state index contributed by atoms with van der Waals surface area (Å²) in [5.74, 6) is 0. The monoisotopic (exact) mass is 394 g/mol. The van der Waals surface area contributed by atoms with Gasteiger partial charge in [-0.05, 0) is 39.0 Å². The fourth-order valence-electron chi connectivity index (χ4n) is 2.82. The molecule has 1 N–H and O–H groups in total. The summed E-state index contributed by atoms with van der Waals surface area (Å²) >= 11 is 0. The lowest BCUT2D eigenvalue weighted by Gasteiger charge is -2.05. The van der Waals surface area contributed by atoms with Gasteiger partial charge < -0.3 is 0 Å². The molecule has 148 valence electrons. The van der Waals surface area contributed by atoms with Gasteiger partial charge in [-0.2, -0.15) is 10.2 Å². The van der Waals surface area contributed by atoms with E-state index in [4.69, 9.17) is 0 Å². The van der Waals surface area contributed by atoms with E-state index in [-0.39, 0.29) is 11.4 Å². The lowest BCUT2D eigenvalue weighted by Crippen LogP contribution is -2.00. The number of nitro benzene ring substituents is 2. The highest BCUT2D eigenvalue weighted by molar-refractivity contribution is 5.83. The Labute approximate surface area is 165 Å². The van der Waals surface area contributed by atoms with E-state index in [1.165, 1.54) is 18.3 Å². The van der Waals surface area contributed by atoms with Crippen molar-refractivity contribution in [2.24, 2.45) is 5.10 Å². The smallest absolute Gasteiger partial charge is 0.272 e. The van der Waals surface area contributed by atoms with Crippen LogP contribution in [0.3, 0.4) is 0 Å². The topological polar surface area (TPSA) is 128 Å². The van der Waals surface area contributed by atoms with Crippen molar-refractivity contribution in [1.82, 2.24) is 9.78 Å². The van der Waals surface area contributed by atoms with E-state index in [1.807, 2.05) is 45.0 Å². The molecule has 29 heavy (non-hydrogen) atoms. The molecule has 3 aromatic rings. The molecule has 0 saturated heterocycles. The molecule has 0 fully saturated rings. The third-order valence-corrected chi connectivity index (χ3v) is 4.39. The quantitative estimate of drug-likeness (QED) is 0.381. The minimum Gasteiger partial charge on any atom is -0.272 e. The van der Waals surface area contributed by atoms with Gasteiger partial charge in [-0.1, -0.05) is 17.7 Å². The third-order valence-electron chi connectivity index (χ3n) is 4.39. The van der Waals surface area contributed by atoms with Crippen LogP contribution in [0.4, 0.5) is 17.1 Å². The normalized spacial score (nSPS) is 11.0. The van der Waals surface area contributed by atoms with Crippen LogP contribution in [0.15, 0.2) is 47.6 Å². The molecule has 0 aliphatic heterocycles. The maximum absolute atomic E-state index is 11.2. The van der Waals surface area contributed by atoms with Gasteiger partial charge in [-0.25, -0.2) is 4.68 Å². The zero-order valence-corrected chi connectivity index (χ0v) is 16.0. The van der Waals surface area contributed by atoms with Crippen LogP contribution >= 0.6 is 0 Å². The van der Waals surface area contributed by atoms with Crippen molar-refractivity contribution in [3.63, 3.8) is 0 Å². The van der Waals surface area contributed by atoms with E-state index in [1.54, 1.807) is 4.68 Å². The summed E-state index contributed by atoms with van der Waals surface area (Å²) < 4.78 is 1.80. The summed E-state index contributed by atoms with van der Waals surface area (Å²) in [5.41, 5.74) is 6.27. The van der Waals surface area contributed by atoms with E-state index in [0.717, 1.165) is 34.3 Å². The van der Waals surface area contributed by atoms with Gasteiger partial charge in [0, 0.05) is 11.6 Å². The average Bonchev–Trinajstić information content (AvgIpc) is 2.96. The summed E-state index contributed by atoms with van der Waals surface area (Å²) in [7, 11) is 0. The van der Waals surface area contributed by atoms with Crippen molar-refractivity contribution in [3.8, 4) is 5.69 Å². The van der Waals surface area contributed by atoms with Crippen LogP contribution in [0.2, 0.25) is 0 Å². The van der Waals surface area contributed by atoms with Crippen LogP contribution < -0.4 is 5.43 Å². The van der Waals surface area contributed by atoms with E-state index >= 15 is 0 Å². The molecule has 0 spiro atoms. The number of nitro groups is 2. The molecule has 2 aromatic carbocycles. The Hall–Kier alpha value is -4.08. The van der Waals surface area contributed by atoms with E-state index in [2.05, 4.69) is 15.6 Å². The van der Waals surface area contributed by atoms with Crippen LogP contribution in [0, 0.1) is 41.0 Å². The van der Waals surface area contributed by atoms with Gasteiger partial charge in [0.1, 0.15) is 5.69 Å². The van der Waals surface area contributed by atoms with Crippen molar-refractivity contribution in [2.75, 3.05) is 5.43 Å². The fourth-order valence-corrected chi connectivity index (χ4v) is 2.82. The van der Waals surface area contributed by atoms with Crippen LogP contribution in [0.5, 0.6) is 0 Å². The minimum absolute atomic E-state index is 0.0538. The zero-order chi connectivity index (χ0) is 21.1. The third kappa shape index (κ3) is 4.10. The number of nitrogens with one attached hydrogen (secondary N) is 1. The standard InChI is InChI=1S/C19H18N6O4/c1-12-4-6-15(7-5-12)23-14(3)17(13(2)22-23)11-20-21-18-9-8-16(24(26)27)10-19(18)25(28)29/h4-11,21H,1-3H3/b20-11+. The number of nitrogens with zero attached hydrogens (tertiary/aromatic N) is 5. The van der Waals surface area contributed by atoms with Crippen molar-refractivity contribution < 1.29 is 9.85 Å². The summed E-state index contributed by atoms with van der Waals surface area (Å²) in [6.45, 7) is 5.75. The number of hydrogen-bond donors (Lipinski definition) is 1. The number of non-ortho nitro benzene ring substituents is 1. The van der Waals surface area contributed by atoms with Crippen LogP contribution in [0.25, 0.3) is 5.69 Å². The number of rotatable bonds is 6. The highest BCUT2D eigenvalue weighted by Crippen LogP contribution is 2.29. The molecule has 0 amide bonds. The van der Waals surface area contributed by atoms with E-state index in [9.17, 15) is 20.2 Å². The van der Waals surface area contributed by atoms with Crippen LogP contribution in [0.1, 0.15) is 22.5 Å². The molecule has 10 nitrogen and oxygen atoms in total. The molecular formula is C19H18N6O4. The number of hydrazone groups is 1. The Balaban J connectivity index is 1.87. The molecule has 0 radical (unpaired) electrons. The zero-order valence-electron chi connectivity index (χ0n) is 16.0. The SMILES string of the molecule is Cc1ccc(-n2nc(C)c(/C=N/Nc3ccc([N+](=O)[O-])cc3[N+](=O)[O-])c2C)cc1. The molecule has 0 bridgehead atoms. The number of anilines is 1. The van der Waals surface area contributed by atoms with Crippen molar-refractivity contribution in [3.05, 3.63) is 85.2 Å². The number of aromatic nitrogens is 2. The van der Waals surface area contributed by atoms with E-state index < -0.39 is 15.5 Å². The van der Waals surface area contributed by atoms with Gasteiger partial charge in [-0.15, -0.1) is 0 Å². The predicted molar refractivity (Wildman–Crippen MR) is 109 cm³/mol. The van der Waals surface area contributed by atoms with Gasteiger partial charge in [0.05, 0.1) is 39.2 Å². The Morgan fingerprint density at radius 2 is 1.72 bits per heavy atom. The van der Waals surface area contributed by atoms with Crippen molar-refractivity contribution in [1.29, 1.82) is 0 Å². The first kappa shape index (κ1) is 19.7. The maximum Gasteiger partial charge on any atom is 0.301 e. The second-order valence-corrected chi connectivity index (χ2v) is 6.42. The highest BCUT2D eigenvalue weighted by Gasteiger charge is 2.19.